The van der Waals surface area contributed by atoms with Gasteiger partial charge in [-0.25, -0.2) is 0 Å². The number of carbonyl (C=O) groups excluding carboxylic acids is 2. The molecule has 1 amide bonds. The zero-order valence-electron chi connectivity index (χ0n) is 13.1. The lowest BCUT2D eigenvalue weighted by Crippen LogP contribution is -2.43. The number of amides is 1. The first kappa shape index (κ1) is 16.3. The van der Waals surface area contributed by atoms with E-state index in [2.05, 4.69) is 5.32 Å². The highest BCUT2D eigenvalue weighted by molar-refractivity contribution is 6.30. The summed E-state index contributed by atoms with van der Waals surface area (Å²) in [6.07, 6.45) is 4.48. The van der Waals surface area contributed by atoms with Crippen molar-refractivity contribution in [2.75, 3.05) is 13.2 Å². The summed E-state index contributed by atoms with van der Waals surface area (Å²) in [4.78, 5) is 24.4. The molecule has 0 heterocycles. The molecule has 124 valence electrons. The van der Waals surface area contributed by atoms with Crippen molar-refractivity contribution in [2.24, 2.45) is 17.8 Å². The second kappa shape index (κ2) is 7.35. The van der Waals surface area contributed by atoms with Gasteiger partial charge in [-0.3, -0.25) is 9.59 Å². The van der Waals surface area contributed by atoms with Crippen LogP contribution in [0.15, 0.2) is 24.3 Å². The third-order valence-electron chi connectivity index (χ3n) is 4.88. The number of nitrogens with one attached hydrogen (secondary N) is 1. The summed E-state index contributed by atoms with van der Waals surface area (Å²) in [5.74, 6) is 1.36. The van der Waals surface area contributed by atoms with E-state index in [1.54, 1.807) is 12.1 Å². The van der Waals surface area contributed by atoms with Crippen LogP contribution in [-0.2, 0) is 9.59 Å². The minimum Gasteiger partial charge on any atom is -0.492 e. The number of carbonyl (C=O) groups is 2. The number of hydrogen-bond acceptors (Lipinski definition) is 3. The molecule has 3 rings (SSSR count). The van der Waals surface area contributed by atoms with Gasteiger partial charge in [-0.15, -0.1) is 0 Å². The summed E-state index contributed by atoms with van der Waals surface area (Å²) in [7, 11) is 0. The Balaban J connectivity index is 1.42. The number of fused-ring (bicyclic) bond motifs is 2. The molecule has 2 aliphatic rings. The van der Waals surface area contributed by atoms with Gasteiger partial charge in [0, 0.05) is 22.8 Å². The van der Waals surface area contributed by atoms with Crippen molar-refractivity contribution in [3.8, 4) is 5.75 Å². The van der Waals surface area contributed by atoms with Crippen molar-refractivity contribution >= 4 is 23.3 Å². The van der Waals surface area contributed by atoms with E-state index in [0.717, 1.165) is 32.1 Å². The Morgan fingerprint density at radius 3 is 2.70 bits per heavy atom. The first-order valence-corrected chi connectivity index (χ1v) is 8.71. The predicted octanol–water partition coefficient (Wildman–Crippen LogP) is 3.23. The quantitative estimate of drug-likeness (QED) is 0.840. The van der Waals surface area contributed by atoms with Gasteiger partial charge in [0.2, 0.25) is 5.91 Å². The number of Topliss-reactive ketones (excluding diaryl/α,β-unsaturated/α-hetero) is 1. The molecule has 3 atom stereocenters. The van der Waals surface area contributed by atoms with Gasteiger partial charge in [-0.2, -0.15) is 0 Å². The van der Waals surface area contributed by atoms with Gasteiger partial charge in [0.1, 0.15) is 18.1 Å². The van der Waals surface area contributed by atoms with Crippen LogP contribution in [0.4, 0.5) is 0 Å². The minimum absolute atomic E-state index is 0.0193. The van der Waals surface area contributed by atoms with Gasteiger partial charge in [0.15, 0.2) is 0 Å². The third kappa shape index (κ3) is 4.05. The molecule has 2 saturated carbocycles. The van der Waals surface area contributed by atoms with Gasteiger partial charge in [0.25, 0.3) is 0 Å². The molecule has 2 fully saturated rings. The first-order valence-electron chi connectivity index (χ1n) is 8.33. The second-order valence-corrected chi connectivity index (χ2v) is 6.93. The van der Waals surface area contributed by atoms with Crippen LogP contribution < -0.4 is 10.1 Å². The average molecular weight is 336 g/mol. The molecular formula is C18H22ClNO3. The standard InChI is InChI=1S/C18H22ClNO3/c19-15-5-2-6-16(11-15)23-8-7-20-18(22)14-9-12-3-1-4-13(10-14)17(12)21/h2,5-6,11-14H,1,3-4,7-10H2,(H,20,22)/t12-,13+,14?. The molecule has 0 saturated heterocycles. The number of halogens is 1. The van der Waals surface area contributed by atoms with Crippen LogP contribution in [0.5, 0.6) is 5.75 Å². The Bertz CT molecular complexity index is 573. The smallest absolute Gasteiger partial charge is 0.223 e. The van der Waals surface area contributed by atoms with Crippen molar-refractivity contribution in [3.05, 3.63) is 29.3 Å². The number of ketones is 1. The number of rotatable bonds is 5. The Labute approximate surface area is 141 Å². The van der Waals surface area contributed by atoms with Gasteiger partial charge < -0.3 is 10.1 Å². The van der Waals surface area contributed by atoms with Crippen molar-refractivity contribution in [2.45, 2.75) is 32.1 Å². The maximum absolute atomic E-state index is 12.3. The molecule has 0 spiro atoms. The maximum atomic E-state index is 12.3. The Kier molecular flexibility index (Phi) is 5.21. The summed E-state index contributed by atoms with van der Waals surface area (Å²) in [6.45, 7) is 0.871. The zero-order chi connectivity index (χ0) is 16.2. The molecule has 2 bridgehead atoms. The molecule has 1 aromatic rings. The van der Waals surface area contributed by atoms with E-state index in [9.17, 15) is 9.59 Å². The summed E-state index contributed by atoms with van der Waals surface area (Å²) in [6, 6.07) is 7.20. The highest BCUT2D eigenvalue weighted by Gasteiger charge is 2.41. The monoisotopic (exact) mass is 335 g/mol. The largest absolute Gasteiger partial charge is 0.492 e. The lowest BCUT2D eigenvalue weighted by molar-refractivity contribution is -0.137. The van der Waals surface area contributed by atoms with Crippen molar-refractivity contribution < 1.29 is 14.3 Å². The molecule has 1 N–H and O–H groups in total. The highest BCUT2D eigenvalue weighted by Crippen LogP contribution is 2.40. The van der Waals surface area contributed by atoms with E-state index < -0.39 is 0 Å². The van der Waals surface area contributed by atoms with Gasteiger partial charge in [0.05, 0.1) is 6.54 Å². The Hall–Kier alpha value is -1.55. The van der Waals surface area contributed by atoms with E-state index in [-0.39, 0.29) is 23.7 Å². The topological polar surface area (TPSA) is 55.4 Å². The summed E-state index contributed by atoms with van der Waals surface area (Å²) >= 11 is 5.89. The average Bonchev–Trinajstić information content (AvgIpc) is 2.51. The minimum atomic E-state index is -0.0193. The number of benzene rings is 1. The summed E-state index contributed by atoms with van der Waals surface area (Å²) in [5.41, 5.74) is 0. The van der Waals surface area contributed by atoms with Crippen LogP contribution in [0.25, 0.3) is 0 Å². The van der Waals surface area contributed by atoms with Gasteiger partial charge in [-0.05, 0) is 43.9 Å². The fourth-order valence-corrected chi connectivity index (χ4v) is 3.92. The van der Waals surface area contributed by atoms with Crippen molar-refractivity contribution in [1.82, 2.24) is 5.32 Å². The summed E-state index contributed by atoms with van der Waals surface area (Å²) < 4.78 is 5.56. The molecule has 5 heteroatoms. The lowest BCUT2D eigenvalue weighted by Gasteiger charge is -2.36. The van der Waals surface area contributed by atoms with Crippen LogP contribution >= 0.6 is 11.6 Å². The lowest BCUT2D eigenvalue weighted by atomic mass is 9.67. The van der Waals surface area contributed by atoms with Gasteiger partial charge >= 0.3 is 0 Å². The number of hydrogen-bond donors (Lipinski definition) is 1. The molecular weight excluding hydrogens is 314 g/mol. The SMILES string of the molecule is O=C(NCCOc1cccc(Cl)c1)C1C[C@H]2CCC[C@@H](C1)C2=O. The van der Waals surface area contributed by atoms with Crippen LogP contribution in [0.2, 0.25) is 5.02 Å². The van der Waals surface area contributed by atoms with Crippen molar-refractivity contribution in [3.63, 3.8) is 0 Å². The Morgan fingerprint density at radius 2 is 2.00 bits per heavy atom. The van der Waals surface area contributed by atoms with Crippen LogP contribution in [-0.4, -0.2) is 24.8 Å². The highest BCUT2D eigenvalue weighted by atomic mass is 35.5. The molecule has 0 radical (unpaired) electrons. The maximum Gasteiger partial charge on any atom is 0.223 e. The summed E-state index contributed by atoms with van der Waals surface area (Å²) in [5, 5.41) is 3.56. The molecule has 23 heavy (non-hydrogen) atoms. The molecule has 1 aromatic carbocycles. The third-order valence-corrected chi connectivity index (χ3v) is 5.12. The van der Waals surface area contributed by atoms with E-state index in [4.69, 9.17) is 16.3 Å². The van der Waals surface area contributed by atoms with Crippen LogP contribution in [0.3, 0.4) is 0 Å². The molecule has 1 unspecified atom stereocenters. The number of ether oxygens (including phenoxy) is 1. The fourth-order valence-electron chi connectivity index (χ4n) is 3.74. The molecule has 0 aromatic heterocycles. The van der Waals surface area contributed by atoms with E-state index in [0.29, 0.717) is 29.7 Å². The second-order valence-electron chi connectivity index (χ2n) is 6.49. The van der Waals surface area contributed by atoms with Crippen LogP contribution in [0.1, 0.15) is 32.1 Å². The zero-order valence-corrected chi connectivity index (χ0v) is 13.8. The molecule has 4 nitrogen and oxygen atoms in total. The Morgan fingerprint density at radius 1 is 1.26 bits per heavy atom. The van der Waals surface area contributed by atoms with E-state index >= 15 is 0 Å². The molecule has 2 aliphatic carbocycles. The first-order chi connectivity index (χ1) is 11.1. The van der Waals surface area contributed by atoms with Crippen LogP contribution in [0, 0.1) is 17.8 Å². The fraction of sp³-hybridized carbons (Fsp3) is 0.556. The predicted molar refractivity (Wildman–Crippen MR) is 88.5 cm³/mol. The molecule has 0 aliphatic heterocycles. The van der Waals surface area contributed by atoms with Gasteiger partial charge in [-0.1, -0.05) is 24.1 Å². The normalized spacial score (nSPS) is 26.7. The van der Waals surface area contributed by atoms with E-state index in [1.165, 1.54) is 0 Å². The van der Waals surface area contributed by atoms with E-state index in [1.807, 2.05) is 12.1 Å². The van der Waals surface area contributed by atoms with Crippen molar-refractivity contribution in [1.29, 1.82) is 0 Å².